The van der Waals surface area contributed by atoms with Crippen LogP contribution in [0.25, 0.3) is 0 Å². The molecule has 0 atom stereocenters. The van der Waals surface area contributed by atoms with Crippen molar-refractivity contribution in [1.29, 1.82) is 0 Å². The molecule has 3 fully saturated rings. The van der Waals surface area contributed by atoms with Crippen LogP contribution in [-0.4, -0.2) is 91.6 Å². The predicted octanol–water partition coefficient (Wildman–Crippen LogP) is 3.04. The predicted molar refractivity (Wildman–Crippen MR) is 127 cm³/mol. The summed E-state index contributed by atoms with van der Waals surface area (Å²) in [6.45, 7) is 9.23. The molecular weight excluding hydrogens is 418 g/mol. The maximum atomic E-state index is 12.9. The summed E-state index contributed by atoms with van der Waals surface area (Å²) in [5, 5.41) is 0. The Morgan fingerprint density at radius 3 is 2.21 bits per heavy atom. The first-order valence-corrected chi connectivity index (χ1v) is 12.8. The second kappa shape index (κ2) is 11.8. The zero-order valence-electron chi connectivity index (χ0n) is 20.0. The third-order valence-electron chi connectivity index (χ3n) is 7.34. The van der Waals surface area contributed by atoms with Crippen LogP contribution in [-0.2, 0) is 9.53 Å². The Bertz CT molecular complexity index is 762. The summed E-state index contributed by atoms with van der Waals surface area (Å²) in [6.07, 6.45) is 6.05. The summed E-state index contributed by atoms with van der Waals surface area (Å²) < 4.78 is 11.1. The van der Waals surface area contributed by atoms with Gasteiger partial charge in [0.1, 0.15) is 5.75 Å². The lowest BCUT2D eigenvalue weighted by atomic mass is 9.92. The van der Waals surface area contributed by atoms with E-state index >= 15 is 0 Å². The van der Waals surface area contributed by atoms with Crippen molar-refractivity contribution in [2.45, 2.75) is 51.5 Å². The average molecular weight is 458 g/mol. The highest BCUT2D eigenvalue weighted by Gasteiger charge is 2.33. The molecule has 0 saturated carbocycles. The first-order valence-electron chi connectivity index (χ1n) is 12.8. The number of carbonyl (C=O) groups excluding carboxylic acids is 2. The summed E-state index contributed by atoms with van der Waals surface area (Å²) in [7, 11) is 0. The Morgan fingerprint density at radius 1 is 0.909 bits per heavy atom. The Morgan fingerprint density at radius 2 is 1.58 bits per heavy atom. The van der Waals surface area contributed by atoms with E-state index < -0.39 is 0 Å². The van der Waals surface area contributed by atoms with Crippen molar-refractivity contribution >= 4 is 11.8 Å². The van der Waals surface area contributed by atoms with Crippen LogP contribution in [0.15, 0.2) is 24.3 Å². The SMILES string of the molecule is CCCCOc1ccc(C(=O)N2CCC(N3CCC(C(=O)N4CCOCC4)CC3)CC2)cc1. The highest BCUT2D eigenvalue weighted by molar-refractivity contribution is 5.94. The number of hydrogen-bond donors (Lipinski definition) is 0. The molecule has 182 valence electrons. The third kappa shape index (κ3) is 6.27. The Kier molecular flexibility index (Phi) is 8.62. The maximum absolute atomic E-state index is 12.9. The van der Waals surface area contributed by atoms with E-state index in [0.29, 0.717) is 25.2 Å². The van der Waals surface area contributed by atoms with Gasteiger partial charge in [-0.15, -0.1) is 0 Å². The molecule has 0 unspecified atom stereocenters. The van der Waals surface area contributed by atoms with Gasteiger partial charge in [0.15, 0.2) is 0 Å². The molecule has 1 aromatic rings. The monoisotopic (exact) mass is 457 g/mol. The molecule has 1 aromatic carbocycles. The van der Waals surface area contributed by atoms with Gasteiger partial charge in [0.05, 0.1) is 19.8 Å². The first kappa shape index (κ1) is 24.0. The lowest BCUT2D eigenvalue weighted by Crippen LogP contribution is -2.51. The number of hydrogen-bond acceptors (Lipinski definition) is 5. The van der Waals surface area contributed by atoms with E-state index in [1.165, 1.54) is 0 Å². The van der Waals surface area contributed by atoms with Crippen LogP contribution in [0, 0.1) is 5.92 Å². The van der Waals surface area contributed by atoms with Crippen LogP contribution >= 0.6 is 0 Å². The summed E-state index contributed by atoms with van der Waals surface area (Å²) in [5.74, 6) is 1.42. The second-order valence-corrected chi connectivity index (χ2v) is 9.50. The van der Waals surface area contributed by atoms with Gasteiger partial charge in [-0.3, -0.25) is 9.59 Å². The lowest BCUT2D eigenvalue weighted by Gasteiger charge is -2.42. The molecule has 3 heterocycles. The van der Waals surface area contributed by atoms with E-state index in [2.05, 4.69) is 11.8 Å². The van der Waals surface area contributed by atoms with Crippen LogP contribution in [0.3, 0.4) is 0 Å². The van der Waals surface area contributed by atoms with Gasteiger partial charge in [-0.05, 0) is 69.5 Å². The Balaban J connectivity index is 1.20. The molecule has 33 heavy (non-hydrogen) atoms. The smallest absolute Gasteiger partial charge is 0.253 e. The van der Waals surface area contributed by atoms with Crippen molar-refractivity contribution in [2.75, 3.05) is 59.1 Å². The number of nitrogens with zero attached hydrogens (tertiary/aromatic N) is 3. The van der Waals surface area contributed by atoms with Crippen molar-refractivity contribution in [1.82, 2.24) is 14.7 Å². The largest absolute Gasteiger partial charge is 0.494 e. The average Bonchev–Trinajstić information content (AvgIpc) is 2.89. The molecule has 0 N–H and O–H groups in total. The highest BCUT2D eigenvalue weighted by atomic mass is 16.5. The molecule has 2 amide bonds. The number of piperidine rings is 2. The van der Waals surface area contributed by atoms with E-state index in [9.17, 15) is 9.59 Å². The van der Waals surface area contributed by atoms with Gasteiger partial charge in [-0.1, -0.05) is 13.3 Å². The van der Waals surface area contributed by atoms with Gasteiger partial charge in [0.2, 0.25) is 5.91 Å². The highest BCUT2D eigenvalue weighted by Crippen LogP contribution is 2.26. The zero-order chi connectivity index (χ0) is 23.0. The van der Waals surface area contributed by atoms with Crippen LogP contribution < -0.4 is 4.74 Å². The van der Waals surface area contributed by atoms with Crippen LogP contribution in [0.4, 0.5) is 0 Å². The number of ether oxygens (including phenoxy) is 2. The Hall–Kier alpha value is -2.12. The van der Waals surface area contributed by atoms with Gasteiger partial charge in [0, 0.05) is 43.7 Å². The molecule has 0 spiro atoms. The summed E-state index contributed by atoms with van der Waals surface area (Å²) in [4.78, 5) is 32.2. The number of amides is 2. The van der Waals surface area contributed by atoms with Gasteiger partial charge in [0.25, 0.3) is 5.91 Å². The van der Waals surface area contributed by atoms with Gasteiger partial charge >= 0.3 is 0 Å². The first-order chi connectivity index (χ1) is 16.2. The van der Waals surface area contributed by atoms with Gasteiger partial charge < -0.3 is 24.2 Å². The molecule has 0 radical (unpaired) electrons. The lowest BCUT2D eigenvalue weighted by molar-refractivity contribution is -0.141. The van der Waals surface area contributed by atoms with Gasteiger partial charge in [-0.2, -0.15) is 0 Å². The molecule has 7 nitrogen and oxygen atoms in total. The molecular formula is C26H39N3O4. The van der Waals surface area contributed by atoms with Gasteiger partial charge in [-0.25, -0.2) is 0 Å². The minimum atomic E-state index is 0.114. The normalized spacial score (nSPS) is 21.2. The molecule has 3 aliphatic rings. The maximum Gasteiger partial charge on any atom is 0.253 e. The van der Waals surface area contributed by atoms with Crippen molar-refractivity contribution in [3.8, 4) is 5.75 Å². The van der Waals surface area contributed by atoms with Crippen molar-refractivity contribution in [3.63, 3.8) is 0 Å². The molecule has 4 rings (SSSR count). The number of likely N-dealkylation sites (tertiary alicyclic amines) is 2. The standard InChI is InChI=1S/C26H39N3O4/c1-2-3-18-33-24-6-4-21(5-7-24)25(30)28-14-10-23(11-15-28)27-12-8-22(9-13-27)26(31)29-16-19-32-20-17-29/h4-7,22-23H,2-3,8-20H2,1H3. The van der Waals surface area contributed by atoms with E-state index in [1.807, 2.05) is 34.1 Å². The number of morpholine rings is 1. The second-order valence-electron chi connectivity index (χ2n) is 9.50. The van der Waals surface area contributed by atoms with Crippen LogP contribution in [0.2, 0.25) is 0 Å². The van der Waals surface area contributed by atoms with Crippen molar-refractivity contribution < 1.29 is 19.1 Å². The Labute approximate surface area is 198 Å². The van der Waals surface area contributed by atoms with E-state index in [-0.39, 0.29) is 11.8 Å². The fraction of sp³-hybridized carbons (Fsp3) is 0.692. The molecule has 3 aliphatic heterocycles. The fourth-order valence-corrected chi connectivity index (χ4v) is 5.20. The van der Waals surface area contributed by atoms with Crippen molar-refractivity contribution in [3.05, 3.63) is 29.8 Å². The topological polar surface area (TPSA) is 62.3 Å². The quantitative estimate of drug-likeness (QED) is 0.589. The third-order valence-corrected chi connectivity index (χ3v) is 7.34. The fourth-order valence-electron chi connectivity index (χ4n) is 5.20. The summed E-state index contributed by atoms with van der Waals surface area (Å²) in [6, 6.07) is 8.08. The molecule has 0 aliphatic carbocycles. The summed E-state index contributed by atoms with van der Waals surface area (Å²) in [5.41, 5.74) is 0.735. The van der Waals surface area contributed by atoms with E-state index in [0.717, 1.165) is 95.7 Å². The summed E-state index contributed by atoms with van der Waals surface area (Å²) >= 11 is 0. The molecule has 3 saturated heterocycles. The number of carbonyl (C=O) groups is 2. The molecule has 0 aromatic heterocycles. The van der Waals surface area contributed by atoms with Crippen LogP contribution in [0.5, 0.6) is 5.75 Å². The minimum Gasteiger partial charge on any atom is -0.494 e. The molecule has 7 heteroatoms. The molecule has 0 bridgehead atoms. The van der Waals surface area contributed by atoms with E-state index in [4.69, 9.17) is 9.47 Å². The number of rotatable bonds is 7. The van der Waals surface area contributed by atoms with Crippen molar-refractivity contribution in [2.24, 2.45) is 5.92 Å². The zero-order valence-corrected chi connectivity index (χ0v) is 20.0. The number of unbranched alkanes of at least 4 members (excludes halogenated alkanes) is 1. The van der Waals surface area contributed by atoms with E-state index in [1.54, 1.807) is 0 Å². The van der Waals surface area contributed by atoms with Crippen LogP contribution in [0.1, 0.15) is 55.8 Å². The minimum absolute atomic E-state index is 0.114. The number of benzene rings is 1.